The van der Waals surface area contributed by atoms with E-state index < -0.39 is 0 Å². The normalized spacial score (nSPS) is 10.8. The van der Waals surface area contributed by atoms with E-state index in [4.69, 9.17) is 0 Å². The van der Waals surface area contributed by atoms with Gasteiger partial charge in [0.25, 0.3) is 5.91 Å². The van der Waals surface area contributed by atoms with Gasteiger partial charge in [-0.3, -0.25) is 4.79 Å². The topological polar surface area (TPSA) is 32.3 Å². The number of carbonyl (C=O) groups excluding carboxylic acids is 1. The van der Waals surface area contributed by atoms with E-state index in [1.54, 1.807) is 0 Å². The number of nitrogens with zero attached hydrogens (tertiary/aromatic N) is 1. The van der Waals surface area contributed by atoms with Gasteiger partial charge in [0.1, 0.15) is 0 Å². The van der Waals surface area contributed by atoms with E-state index in [0.29, 0.717) is 5.56 Å². The van der Waals surface area contributed by atoms with Crippen molar-refractivity contribution in [3.63, 3.8) is 0 Å². The van der Waals surface area contributed by atoms with E-state index in [9.17, 15) is 4.79 Å². The highest BCUT2D eigenvalue weighted by Gasteiger charge is 2.18. The Labute approximate surface area is 257 Å². The second-order valence-electron chi connectivity index (χ2n) is 10.6. The highest BCUT2D eigenvalue weighted by atomic mass is 16.1. The number of nitrogens with one attached hydrogen (secondary N) is 1. The number of carbonyl (C=O) groups is 1. The van der Waals surface area contributed by atoms with Crippen molar-refractivity contribution < 1.29 is 4.79 Å². The van der Waals surface area contributed by atoms with E-state index in [1.165, 1.54) is 0 Å². The highest BCUT2D eigenvalue weighted by molar-refractivity contribution is 6.11. The van der Waals surface area contributed by atoms with Gasteiger partial charge in [-0.05, 0) is 70.6 Å². The molecule has 3 nitrogen and oxygen atoms in total. The molecule has 7 aromatic carbocycles. The third-order valence-corrected chi connectivity index (χ3v) is 7.89. The Kier molecular flexibility index (Phi) is 7.42. The van der Waals surface area contributed by atoms with Crippen molar-refractivity contribution in [1.82, 2.24) is 0 Å². The van der Waals surface area contributed by atoms with Crippen molar-refractivity contribution in [2.45, 2.75) is 0 Å². The quantitative estimate of drug-likeness (QED) is 0.208. The first kappa shape index (κ1) is 26.9. The molecular weight excluding hydrogens is 536 g/mol. The monoisotopic (exact) mass is 566 g/mol. The molecule has 44 heavy (non-hydrogen) atoms. The summed E-state index contributed by atoms with van der Waals surface area (Å²) in [5, 5.41) is 5.42. The summed E-state index contributed by atoms with van der Waals surface area (Å²) in [5.41, 5.74) is 8.86. The molecular formula is C41H30N2O. The lowest BCUT2D eigenvalue weighted by molar-refractivity contribution is 0.102. The molecule has 0 bridgehead atoms. The number of fused-ring (bicyclic) bond motifs is 1. The molecule has 0 aliphatic carbocycles. The molecule has 0 fully saturated rings. The maximum Gasteiger partial charge on any atom is 0.255 e. The zero-order chi connectivity index (χ0) is 29.7. The van der Waals surface area contributed by atoms with Crippen molar-refractivity contribution in [3.05, 3.63) is 181 Å². The van der Waals surface area contributed by atoms with Crippen LogP contribution in [0.5, 0.6) is 0 Å². The average Bonchev–Trinajstić information content (AvgIpc) is 3.10. The molecule has 0 aromatic heterocycles. The molecule has 1 N–H and O–H groups in total. The average molecular weight is 567 g/mol. The Hall–Kier alpha value is -5.93. The van der Waals surface area contributed by atoms with Gasteiger partial charge in [-0.1, -0.05) is 127 Å². The fourth-order valence-corrected chi connectivity index (χ4v) is 5.76. The summed E-state index contributed by atoms with van der Waals surface area (Å²) in [6.07, 6.45) is 0. The molecule has 210 valence electrons. The molecule has 7 aromatic rings. The van der Waals surface area contributed by atoms with E-state index in [0.717, 1.165) is 55.8 Å². The fraction of sp³-hybridized carbons (Fsp3) is 0. The van der Waals surface area contributed by atoms with E-state index >= 15 is 0 Å². The van der Waals surface area contributed by atoms with Crippen molar-refractivity contribution >= 4 is 39.4 Å². The van der Waals surface area contributed by atoms with Gasteiger partial charge in [0.2, 0.25) is 0 Å². The number of amides is 1. The minimum Gasteiger partial charge on any atom is -0.321 e. The van der Waals surface area contributed by atoms with Gasteiger partial charge in [0.05, 0.1) is 5.69 Å². The molecule has 0 saturated carbocycles. The Morgan fingerprint density at radius 1 is 0.432 bits per heavy atom. The van der Waals surface area contributed by atoms with E-state index in [2.05, 4.69) is 113 Å². The summed E-state index contributed by atoms with van der Waals surface area (Å²) in [7, 11) is 0. The van der Waals surface area contributed by atoms with Gasteiger partial charge >= 0.3 is 0 Å². The molecule has 0 aliphatic rings. The molecule has 7 rings (SSSR count). The molecule has 0 saturated heterocycles. The lowest BCUT2D eigenvalue weighted by Crippen LogP contribution is -2.12. The lowest BCUT2D eigenvalue weighted by Gasteiger charge is -2.27. The predicted octanol–water partition coefficient (Wildman–Crippen LogP) is 10.9. The van der Waals surface area contributed by atoms with Gasteiger partial charge in [0.15, 0.2) is 0 Å². The van der Waals surface area contributed by atoms with Crippen LogP contribution in [0.1, 0.15) is 10.4 Å². The van der Waals surface area contributed by atoms with Crippen LogP contribution in [0.25, 0.3) is 33.0 Å². The highest BCUT2D eigenvalue weighted by Crippen LogP contribution is 2.43. The fourth-order valence-electron chi connectivity index (χ4n) is 5.76. The van der Waals surface area contributed by atoms with Crippen molar-refractivity contribution in [2.75, 3.05) is 10.2 Å². The lowest BCUT2D eigenvalue weighted by atomic mass is 9.95. The van der Waals surface area contributed by atoms with Crippen LogP contribution < -0.4 is 10.2 Å². The van der Waals surface area contributed by atoms with Crippen LogP contribution >= 0.6 is 0 Å². The first-order valence-electron chi connectivity index (χ1n) is 14.7. The summed E-state index contributed by atoms with van der Waals surface area (Å²) in [4.78, 5) is 15.7. The summed E-state index contributed by atoms with van der Waals surface area (Å²) in [6, 6.07) is 59.6. The van der Waals surface area contributed by atoms with Gasteiger partial charge in [-0.2, -0.15) is 0 Å². The first-order valence-corrected chi connectivity index (χ1v) is 14.7. The maximum atomic E-state index is 13.4. The Morgan fingerprint density at radius 3 is 1.61 bits per heavy atom. The van der Waals surface area contributed by atoms with Gasteiger partial charge < -0.3 is 10.2 Å². The molecule has 0 heterocycles. The third-order valence-electron chi connectivity index (χ3n) is 7.89. The molecule has 1 amide bonds. The first-order chi connectivity index (χ1) is 21.8. The van der Waals surface area contributed by atoms with Crippen LogP contribution in [0.4, 0.5) is 22.7 Å². The van der Waals surface area contributed by atoms with Crippen molar-refractivity contribution in [3.8, 4) is 22.3 Å². The minimum absolute atomic E-state index is 0.141. The van der Waals surface area contributed by atoms with E-state index in [1.807, 2.05) is 72.8 Å². The standard InChI is InChI=1S/C41H30N2O/c44-41(32-26-24-31(25-27-32)30-14-4-1-5-15-30)42-39-23-13-12-21-37(39)36-28-29-40(38-22-11-10-20-35(36)38)43(33-16-6-2-7-17-33)34-18-8-3-9-19-34/h1-29H,(H,42,44). The number of rotatable bonds is 7. The van der Waals surface area contributed by atoms with Gasteiger partial charge in [-0.15, -0.1) is 0 Å². The summed E-state index contributed by atoms with van der Waals surface area (Å²) in [6.45, 7) is 0. The van der Waals surface area contributed by atoms with Crippen LogP contribution in [0.2, 0.25) is 0 Å². The number of anilines is 4. The number of para-hydroxylation sites is 3. The smallest absolute Gasteiger partial charge is 0.255 e. The molecule has 0 aliphatic heterocycles. The maximum absolute atomic E-state index is 13.4. The molecule has 0 spiro atoms. The molecule has 0 atom stereocenters. The molecule has 3 heteroatoms. The van der Waals surface area contributed by atoms with Crippen molar-refractivity contribution in [2.24, 2.45) is 0 Å². The zero-order valence-corrected chi connectivity index (χ0v) is 24.1. The largest absolute Gasteiger partial charge is 0.321 e. The van der Waals surface area contributed by atoms with Gasteiger partial charge in [0, 0.05) is 33.6 Å². The number of benzene rings is 7. The van der Waals surface area contributed by atoms with Crippen LogP contribution in [0.3, 0.4) is 0 Å². The number of hydrogen-bond acceptors (Lipinski definition) is 2. The second-order valence-corrected chi connectivity index (χ2v) is 10.6. The third kappa shape index (κ3) is 5.35. The Balaban J connectivity index is 1.27. The minimum atomic E-state index is -0.141. The van der Waals surface area contributed by atoms with Crippen LogP contribution in [0.15, 0.2) is 176 Å². The molecule has 0 radical (unpaired) electrons. The summed E-state index contributed by atoms with van der Waals surface area (Å²) < 4.78 is 0. The predicted molar refractivity (Wildman–Crippen MR) is 184 cm³/mol. The number of hydrogen-bond donors (Lipinski definition) is 1. The van der Waals surface area contributed by atoms with Crippen LogP contribution in [-0.4, -0.2) is 5.91 Å². The Bertz CT molecular complexity index is 2000. The van der Waals surface area contributed by atoms with Gasteiger partial charge in [-0.25, -0.2) is 0 Å². The SMILES string of the molecule is O=C(Nc1ccccc1-c1ccc(N(c2ccccc2)c2ccccc2)c2ccccc12)c1ccc(-c2ccccc2)cc1. The van der Waals surface area contributed by atoms with Crippen LogP contribution in [-0.2, 0) is 0 Å². The second kappa shape index (κ2) is 12.1. The molecule has 0 unspecified atom stereocenters. The van der Waals surface area contributed by atoms with E-state index in [-0.39, 0.29) is 5.91 Å². The van der Waals surface area contributed by atoms with Crippen LogP contribution in [0, 0.1) is 0 Å². The summed E-state index contributed by atoms with van der Waals surface area (Å²) in [5.74, 6) is -0.141. The summed E-state index contributed by atoms with van der Waals surface area (Å²) >= 11 is 0. The zero-order valence-electron chi connectivity index (χ0n) is 24.1. The Morgan fingerprint density at radius 2 is 0.955 bits per heavy atom. The van der Waals surface area contributed by atoms with Crippen molar-refractivity contribution in [1.29, 1.82) is 0 Å².